The average molecular weight is 384 g/mol. The maximum absolute atomic E-state index is 6.05. The van der Waals surface area contributed by atoms with Gasteiger partial charge >= 0.3 is 0 Å². The number of terminal acetylenes is 1. The molecule has 0 spiro atoms. The Morgan fingerprint density at radius 2 is 2.07 bits per heavy atom. The molecule has 0 unspecified atom stereocenters. The minimum Gasteiger partial charge on any atom is -0.341 e. The van der Waals surface area contributed by atoms with Gasteiger partial charge in [0.2, 0.25) is 0 Å². The molecular formula is C17H16N6O3S. The Hall–Kier alpha value is -2.58. The standard InChI is InChI=1S/C17H16N6O3S/c1-4-9-11-12(26-17(2,3)25-11)15(24-9)23-8-21-10-13(19-7-20-14(10)23)22-16-18-5-6-27-16/h1,5-9,11-12,15H,2-3H3,(H,18,19,20,22)/t9-,11-,12+,15-/m1/s1. The lowest BCUT2D eigenvalue weighted by Gasteiger charge is -2.23. The first-order valence-corrected chi connectivity index (χ1v) is 9.25. The lowest BCUT2D eigenvalue weighted by Crippen LogP contribution is -2.28. The molecule has 5 rings (SSSR count). The summed E-state index contributed by atoms with van der Waals surface area (Å²) in [4.78, 5) is 17.3. The molecule has 3 aromatic heterocycles. The summed E-state index contributed by atoms with van der Waals surface area (Å²) in [5.41, 5.74) is 1.22. The summed E-state index contributed by atoms with van der Waals surface area (Å²) < 4.78 is 19.8. The molecule has 2 aliphatic heterocycles. The van der Waals surface area contributed by atoms with Crippen LogP contribution in [-0.4, -0.2) is 48.6 Å². The second-order valence-electron chi connectivity index (χ2n) is 6.69. The monoisotopic (exact) mass is 384 g/mol. The highest BCUT2D eigenvalue weighted by molar-refractivity contribution is 7.13. The Labute approximate surface area is 158 Å². The van der Waals surface area contributed by atoms with E-state index in [1.54, 1.807) is 12.5 Å². The van der Waals surface area contributed by atoms with Crippen LogP contribution in [0.15, 0.2) is 24.2 Å². The van der Waals surface area contributed by atoms with Crippen molar-refractivity contribution < 1.29 is 14.2 Å². The van der Waals surface area contributed by atoms with Crippen LogP contribution in [-0.2, 0) is 14.2 Å². The molecule has 5 heterocycles. The highest BCUT2D eigenvalue weighted by Crippen LogP contribution is 2.43. The smallest absolute Gasteiger partial charge is 0.188 e. The normalized spacial score (nSPS) is 28.9. The first-order valence-electron chi connectivity index (χ1n) is 8.37. The Bertz CT molecular complexity index is 1030. The molecule has 0 amide bonds. The quantitative estimate of drug-likeness (QED) is 0.686. The number of rotatable bonds is 3. The molecule has 27 heavy (non-hydrogen) atoms. The number of anilines is 2. The molecule has 1 N–H and O–H groups in total. The van der Waals surface area contributed by atoms with Gasteiger partial charge in [-0.15, -0.1) is 17.8 Å². The van der Waals surface area contributed by atoms with Crippen LogP contribution in [0.1, 0.15) is 20.1 Å². The Balaban J connectivity index is 1.53. The van der Waals surface area contributed by atoms with Crippen LogP contribution >= 0.6 is 11.3 Å². The van der Waals surface area contributed by atoms with E-state index >= 15 is 0 Å². The number of ether oxygens (including phenoxy) is 3. The number of fused-ring (bicyclic) bond motifs is 2. The molecule has 138 valence electrons. The van der Waals surface area contributed by atoms with Gasteiger partial charge in [0, 0.05) is 11.6 Å². The number of hydrogen-bond donors (Lipinski definition) is 1. The van der Waals surface area contributed by atoms with E-state index in [9.17, 15) is 0 Å². The molecule has 2 fully saturated rings. The lowest BCUT2D eigenvalue weighted by molar-refractivity contribution is -0.190. The summed E-state index contributed by atoms with van der Waals surface area (Å²) in [5.74, 6) is 2.48. The SMILES string of the molecule is C#C[C@H]1O[C@@H](n2cnc3c(Nc4nccs4)ncnc32)[C@H]2OC(C)(C)O[C@@H]21. The zero-order valence-electron chi connectivity index (χ0n) is 14.6. The molecular weight excluding hydrogens is 368 g/mol. The van der Waals surface area contributed by atoms with Crippen molar-refractivity contribution in [2.75, 3.05) is 5.32 Å². The molecule has 2 saturated heterocycles. The van der Waals surface area contributed by atoms with Gasteiger partial charge in [-0.05, 0) is 13.8 Å². The van der Waals surface area contributed by atoms with Crippen LogP contribution in [0.25, 0.3) is 11.2 Å². The average Bonchev–Trinajstić information content (AvgIpc) is 3.38. The van der Waals surface area contributed by atoms with E-state index in [2.05, 4.69) is 31.2 Å². The topological polar surface area (TPSA) is 96.2 Å². The van der Waals surface area contributed by atoms with Gasteiger partial charge in [0.05, 0.1) is 6.33 Å². The molecule has 0 aromatic carbocycles. The van der Waals surface area contributed by atoms with Crippen LogP contribution in [0.3, 0.4) is 0 Å². The predicted octanol–water partition coefficient (Wildman–Crippen LogP) is 2.08. The van der Waals surface area contributed by atoms with Crippen molar-refractivity contribution in [3.8, 4) is 12.3 Å². The fourth-order valence-corrected chi connectivity index (χ4v) is 3.98. The Morgan fingerprint density at radius 3 is 2.85 bits per heavy atom. The second-order valence-corrected chi connectivity index (χ2v) is 7.58. The predicted molar refractivity (Wildman–Crippen MR) is 97.3 cm³/mol. The highest BCUT2D eigenvalue weighted by Gasteiger charge is 2.55. The molecule has 0 radical (unpaired) electrons. The number of nitrogens with one attached hydrogen (secondary N) is 1. The van der Waals surface area contributed by atoms with E-state index in [4.69, 9.17) is 20.6 Å². The van der Waals surface area contributed by atoms with Gasteiger partial charge < -0.3 is 19.5 Å². The first kappa shape index (κ1) is 16.6. The molecule has 0 aliphatic carbocycles. The van der Waals surface area contributed by atoms with E-state index < -0.39 is 18.1 Å². The van der Waals surface area contributed by atoms with Crippen molar-refractivity contribution in [2.45, 2.75) is 44.2 Å². The maximum Gasteiger partial charge on any atom is 0.188 e. The van der Waals surface area contributed by atoms with Gasteiger partial charge in [0.1, 0.15) is 24.6 Å². The van der Waals surface area contributed by atoms with E-state index in [0.29, 0.717) is 17.0 Å². The summed E-state index contributed by atoms with van der Waals surface area (Å²) >= 11 is 1.47. The van der Waals surface area contributed by atoms with Crippen LogP contribution in [0.4, 0.5) is 10.9 Å². The summed E-state index contributed by atoms with van der Waals surface area (Å²) in [6.07, 6.45) is 8.77. The fraction of sp³-hybridized carbons (Fsp3) is 0.412. The number of imidazole rings is 1. The number of thiazole rings is 1. The van der Waals surface area contributed by atoms with E-state index in [1.165, 1.54) is 17.7 Å². The maximum atomic E-state index is 6.05. The fourth-order valence-electron chi connectivity index (χ4n) is 3.45. The molecule has 9 nitrogen and oxygen atoms in total. The van der Waals surface area contributed by atoms with Gasteiger partial charge in [-0.2, -0.15) is 0 Å². The third kappa shape index (κ3) is 2.67. The third-order valence-electron chi connectivity index (χ3n) is 4.48. The van der Waals surface area contributed by atoms with E-state index in [-0.39, 0.29) is 12.2 Å². The summed E-state index contributed by atoms with van der Waals surface area (Å²) in [7, 11) is 0. The summed E-state index contributed by atoms with van der Waals surface area (Å²) in [6, 6.07) is 0. The molecule has 3 aromatic rings. The molecule has 2 aliphatic rings. The van der Waals surface area contributed by atoms with Gasteiger partial charge in [-0.3, -0.25) is 4.57 Å². The van der Waals surface area contributed by atoms with Crippen molar-refractivity contribution in [1.29, 1.82) is 0 Å². The van der Waals surface area contributed by atoms with Crippen molar-refractivity contribution in [2.24, 2.45) is 0 Å². The van der Waals surface area contributed by atoms with Crippen LogP contribution < -0.4 is 5.32 Å². The number of hydrogen-bond acceptors (Lipinski definition) is 9. The Morgan fingerprint density at radius 1 is 1.22 bits per heavy atom. The van der Waals surface area contributed by atoms with Crippen molar-refractivity contribution in [3.05, 3.63) is 24.2 Å². The third-order valence-corrected chi connectivity index (χ3v) is 5.17. The Kier molecular flexibility index (Phi) is 3.66. The number of nitrogens with zero attached hydrogens (tertiary/aromatic N) is 5. The first-order chi connectivity index (χ1) is 13.1. The van der Waals surface area contributed by atoms with Crippen molar-refractivity contribution in [1.82, 2.24) is 24.5 Å². The van der Waals surface area contributed by atoms with Crippen LogP contribution in [0, 0.1) is 12.3 Å². The van der Waals surface area contributed by atoms with E-state index in [1.807, 2.05) is 23.8 Å². The van der Waals surface area contributed by atoms with Crippen molar-refractivity contribution >= 4 is 33.5 Å². The minimum atomic E-state index is -0.727. The zero-order valence-corrected chi connectivity index (χ0v) is 15.4. The summed E-state index contributed by atoms with van der Waals surface area (Å²) in [5, 5.41) is 5.77. The molecule has 4 atom stereocenters. The second kappa shape index (κ2) is 5.97. The van der Waals surface area contributed by atoms with Gasteiger partial charge in [0.15, 0.2) is 34.1 Å². The molecule has 0 saturated carbocycles. The summed E-state index contributed by atoms with van der Waals surface area (Å²) in [6.45, 7) is 3.72. The number of aromatic nitrogens is 5. The largest absolute Gasteiger partial charge is 0.341 e. The lowest BCUT2D eigenvalue weighted by atomic mass is 10.1. The van der Waals surface area contributed by atoms with Crippen LogP contribution in [0.5, 0.6) is 0 Å². The van der Waals surface area contributed by atoms with Crippen molar-refractivity contribution in [3.63, 3.8) is 0 Å². The van der Waals surface area contributed by atoms with Gasteiger partial charge in [-0.25, -0.2) is 19.9 Å². The highest BCUT2D eigenvalue weighted by atomic mass is 32.1. The van der Waals surface area contributed by atoms with E-state index in [0.717, 1.165) is 5.13 Å². The van der Waals surface area contributed by atoms with Crippen LogP contribution in [0.2, 0.25) is 0 Å². The molecule has 0 bridgehead atoms. The minimum absolute atomic E-state index is 0.345. The van der Waals surface area contributed by atoms with Gasteiger partial charge in [-0.1, -0.05) is 5.92 Å². The van der Waals surface area contributed by atoms with Gasteiger partial charge in [0.25, 0.3) is 0 Å². The molecule has 10 heteroatoms. The zero-order chi connectivity index (χ0) is 18.6.